The number of hydrogen-bond acceptors (Lipinski definition) is 3. The van der Waals surface area contributed by atoms with Gasteiger partial charge in [-0.3, -0.25) is 4.98 Å². The van der Waals surface area contributed by atoms with Gasteiger partial charge in [-0.1, -0.05) is 6.92 Å². The fourth-order valence-electron chi connectivity index (χ4n) is 1.53. The maximum Gasteiger partial charge on any atom is 0.147 e. The molecular weight excluding hydrogens is 311 g/mol. The third-order valence-corrected chi connectivity index (χ3v) is 3.03. The lowest BCUT2D eigenvalue weighted by molar-refractivity contribution is 0.475. The molecule has 0 atom stereocenters. The van der Waals surface area contributed by atoms with Crippen molar-refractivity contribution in [2.75, 3.05) is 11.9 Å². The summed E-state index contributed by atoms with van der Waals surface area (Å²) in [5.74, 6) is 0.847. The molecule has 0 aliphatic carbocycles. The number of pyridine rings is 1. The van der Waals surface area contributed by atoms with Gasteiger partial charge in [0.05, 0.1) is 22.6 Å². The van der Waals surface area contributed by atoms with E-state index in [1.54, 1.807) is 18.5 Å². The van der Waals surface area contributed by atoms with Crippen molar-refractivity contribution in [1.29, 1.82) is 0 Å². The molecule has 0 radical (unpaired) electrons. The van der Waals surface area contributed by atoms with Crippen molar-refractivity contribution < 1.29 is 9.13 Å². The fraction of sp³-hybridized carbons (Fsp3) is 0.214. The minimum atomic E-state index is -0.310. The summed E-state index contributed by atoms with van der Waals surface area (Å²) in [5.41, 5.74) is 0.901. The van der Waals surface area contributed by atoms with E-state index >= 15 is 0 Å². The zero-order valence-corrected chi connectivity index (χ0v) is 12.1. The zero-order chi connectivity index (χ0) is 13.7. The monoisotopic (exact) mass is 324 g/mol. The van der Waals surface area contributed by atoms with E-state index in [1.165, 1.54) is 12.1 Å². The van der Waals surface area contributed by atoms with Gasteiger partial charge in [0.1, 0.15) is 17.3 Å². The van der Waals surface area contributed by atoms with Crippen molar-refractivity contribution in [1.82, 2.24) is 4.98 Å². The number of anilines is 1. The van der Waals surface area contributed by atoms with Crippen molar-refractivity contribution in [3.63, 3.8) is 0 Å². The van der Waals surface area contributed by atoms with Crippen molar-refractivity contribution in [2.24, 2.45) is 0 Å². The smallest absolute Gasteiger partial charge is 0.147 e. The molecule has 2 rings (SSSR count). The van der Waals surface area contributed by atoms with Gasteiger partial charge in [-0.25, -0.2) is 4.39 Å². The van der Waals surface area contributed by atoms with Crippen LogP contribution in [0, 0.1) is 5.82 Å². The first kappa shape index (κ1) is 13.8. The molecule has 0 bridgehead atoms. The highest BCUT2D eigenvalue weighted by Gasteiger charge is 2.05. The van der Waals surface area contributed by atoms with Crippen LogP contribution in [-0.2, 0) is 0 Å². The lowest BCUT2D eigenvalue weighted by atomic mass is 10.3. The molecule has 0 aliphatic rings. The van der Waals surface area contributed by atoms with Gasteiger partial charge in [-0.05, 0) is 40.5 Å². The van der Waals surface area contributed by atoms with Crippen LogP contribution in [0.1, 0.15) is 13.3 Å². The number of ether oxygens (including phenoxy) is 1. The molecule has 2 aromatic rings. The topological polar surface area (TPSA) is 34.2 Å². The molecule has 1 N–H and O–H groups in total. The predicted molar refractivity (Wildman–Crippen MR) is 77.2 cm³/mol. The largest absolute Gasteiger partial charge is 0.454 e. The quantitative estimate of drug-likeness (QED) is 0.872. The van der Waals surface area contributed by atoms with Crippen LogP contribution in [0.15, 0.2) is 41.1 Å². The summed E-state index contributed by atoms with van der Waals surface area (Å²) in [5, 5.41) is 3.23. The molecule has 0 unspecified atom stereocenters. The minimum absolute atomic E-state index is 0.310. The summed E-state index contributed by atoms with van der Waals surface area (Å²) in [6.07, 6.45) is 4.39. The van der Waals surface area contributed by atoms with E-state index in [2.05, 4.69) is 33.2 Å². The summed E-state index contributed by atoms with van der Waals surface area (Å²) in [6, 6.07) is 6.15. The highest BCUT2D eigenvalue weighted by molar-refractivity contribution is 9.10. The molecule has 3 nitrogen and oxygen atoms in total. The highest BCUT2D eigenvalue weighted by Crippen LogP contribution is 2.30. The average Bonchev–Trinajstić information content (AvgIpc) is 2.40. The molecule has 0 aliphatic heterocycles. The van der Waals surface area contributed by atoms with Gasteiger partial charge in [0.2, 0.25) is 0 Å². The Balaban J connectivity index is 2.14. The van der Waals surface area contributed by atoms with Crippen molar-refractivity contribution in [3.8, 4) is 11.5 Å². The van der Waals surface area contributed by atoms with Crippen LogP contribution in [-0.4, -0.2) is 11.5 Å². The van der Waals surface area contributed by atoms with E-state index in [0.29, 0.717) is 16.0 Å². The lowest BCUT2D eigenvalue weighted by Gasteiger charge is -2.09. The van der Waals surface area contributed by atoms with Crippen LogP contribution < -0.4 is 10.1 Å². The Bertz CT molecular complexity index is 563. The first-order valence-corrected chi connectivity index (χ1v) is 6.80. The molecule has 0 amide bonds. The number of nitrogens with one attached hydrogen (secondary N) is 1. The number of aromatic nitrogens is 1. The van der Waals surface area contributed by atoms with Crippen molar-refractivity contribution >= 4 is 21.6 Å². The molecule has 0 saturated carbocycles. The molecule has 0 spiro atoms. The Morgan fingerprint density at radius 2 is 2.16 bits per heavy atom. The Morgan fingerprint density at radius 1 is 1.32 bits per heavy atom. The molecule has 100 valence electrons. The van der Waals surface area contributed by atoms with E-state index in [-0.39, 0.29) is 5.82 Å². The molecular formula is C14H14BrFN2O. The first-order valence-electron chi connectivity index (χ1n) is 6.01. The number of halogens is 2. The van der Waals surface area contributed by atoms with Crippen LogP contribution in [0.4, 0.5) is 10.1 Å². The van der Waals surface area contributed by atoms with Crippen molar-refractivity contribution in [3.05, 3.63) is 46.9 Å². The molecule has 0 saturated heterocycles. The summed E-state index contributed by atoms with van der Waals surface area (Å²) >= 11 is 3.26. The summed E-state index contributed by atoms with van der Waals surface area (Å²) in [4.78, 5) is 4.10. The third-order valence-electron chi connectivity index (χ3n) is 2.41. The van der Waals surface area contributed by atoms with Gasteiger partial charge in [0.25, 0.3) is 0 Å². The van der Waals surface area contributed by atoms with Gasteiger partial charge < -0.3 is 10.1 Å². The number of benzene rings is 1. The van der Waals surface area contributed by atoms with Gasteiger partial charge in [0.15, 0.2) is 0 Å². The normalized spacial score (nSPS) is 10.3. The van der Waals surface area contributed by atoms with E-state index < -0.39 is 0 Å². The van der Waals surface area contributed by atoms with Crippen molar-refractivity contribution in [2.45, 2.75) is 13.3 Å². The molecule has 1 heterocycles. The van der Waals surface area contributed by atoms with Crippen LogP contribution in [0.2, 0.25) is 0 Å². The standard InChI is InChI=1S/C14H14BrFN2O/c1-2-5-18-11-7-12(9-17-8-11)19-14-4-3-10(16)6-13(14)15/h3-4,6-9,18H,2,5H2,1H3. The Labute approximate surface area is 119 Å². The Kier molecular flexibility index (Phi) is 4.74. The van der Waals surface area contributed by atoms with E-state index in [4.69, 9.17) is 4.74 Å². The predicted octanol–water partition coefficient (Wildman–Crippen LogP) is 4.60. The number of rotatable bonds is 5. The second-order valence-corrected chi connectivity index (χ2v) is 4.87. The molecule has 1 aromatic heterocycles. The van der Waals surface area contributed by atoms with Crippen LogP contribution in [0.3, 0.4) is 0 Å². The second-order valence-electron chi connectivity index (χ2n) is 4.01. The SMILES string of the molecule is CCCNc1cncc(Oc2ccc(F)cc2Br)c1. The molecule has 5 heteroatoms. The number of nitrogens with zero attached hydrogens (tertiary/aromatic N) is 1. The minimum Gasteiger partial charge on any atom is -0.454 e. The average molecular weight is 325 g/mol. The first-order chi connectivity index (χ1) is 9.19. The molecule has 19 heavy (non-hydrogen) atoms. The maximum atomic E-state index is 13.0. The van der Waals surface area contributed by atoms with Gasteiger partial charge in [-0.15, -0.1) is 0 Å². The Morgan fingerprint density at radius 3 is 2.89 bits per heavy atom. The third kappa shape index (κ3) is 3.92. The Hall–Kier alpha value is -1.62. The fourth-order valence-corrected chi connectivity index (χ4v) is 1.96. The lowest BCUT2D eigenvalue weighted by Crippen LogP contribution is -2.00. The summed E-state index contributed by atoms with van der Waals surface area (Å²) in [6.45, 7) is 2.97. The van der Waals surface area contributed by atoms with Crippen LogP contribution >= 0.6 is 15.9 Å². The second kappa shape index (κ2) is 6.52. The summed E-state index contributed by atoms with van der Waals surface area (Å²) < 4.78 is 19.2. The maximum absolute atomic E-state index is 13.0. The molecule has 0 fully saturated rings. The zero-order valence-electron chi connectivity index (χ0n) is 10.5. The van der Waals surface area contributed by atoms with Gasteiger partial charge >= 0.3 is 0 Å². The van der Waals surface area contributed by atoms with E-state index in [0.717, 1.165) is 18.7 Å². The van der Waals surface area contributed by atoms with Crippen LogP contribution in [0.25, 0.3) is 0 Å². The van der Waals surface area contributed by atoms with E-state index in [1.807, 2.05) is 6.07 Å². The van der Waals surface area contributed by atoms with Gasteiger partial charge in [-0.2, -0.15) is 0 Å². The van der Waals surface area contributed by atoms with E-state index in [9.17, 15) is 4.39 Å². The summed E-state index contributed by atoms with van der Waals surface area (Å²) in [7, 11) is 0. The highest BCUT2D eigenvalue weighted by atomic mass is 79.9. The van der Waals surface area contributed by atoms with Crippen LogP contribution in [0.5, 0.6) is 11.5 Å². The number of hydrogen-bond donors (Lipinski definition) is 1. The molecule has 1 aromatic carbocycles. The van der Waals surface area contributed by atoms with Gasteiger partial charge in [0, 0.05) is 12.6 Å².